The van der Waals surface area contributed by atoms with Crippen molar-refractivity contribution in [3.05, 3.63) is 59.7 Å². The molecule has 116 valence electrons. The van der Waals surface area contributed by atoms with Gasteiger partial charge in [0.15, 0.2) is 6.61 Å². The molecule has 0 unspecified atom stereocenters. The molecule has 0 aliphatic heterocycles. The van der Waals surface area contributed by atoms with E-state index >= 15 is 0 Å². The van der Waals surface area contributed by atoms with Crippen LogP contribution >= 0.6 is 0 Å². The molecule has 0 aromatic heterocycles. The van der Waals surface area contributed by atoms with Crippen LogP contribution in [-0.4, -0.2) is 12.5 Å². The smallest absolute Gasteiger partial charge is 0.262 e. The predicted octanol–water partition coefficient (Wildman–Crippen LogP) is 3.29. The molecule has 1 amide bonds. The molecule has 2 aromatic carbocycles. The summed E-state index contributed by atoms with van der Waals surface area (Å²) in [5.74, 6) is 0.835. The number of ether oxygens (including phenoxy) is 1. The highest BCUT2D eigenvalue weighted by Crippen LogP contribution is 2.23. The van der Waals surface area contributed by atoms with Gasteiger partial charge < -0.3 is 15.8 Å². The van der Waals surface area contributed by atoms with Crippen LogP contribution in [0.2, 0.25) is 0 Å². The van der Waals surface area contributed by atoms with E-state index in [1.54, 1.807) is 0 Å². The second kappa shape index (κ2) is 7.61. The van der Waals surface area contributed by atoms with E-state index in [4.69, 9.17) is 10.5 Å². The highest BCUT2D eigenvalue weighted by atomic mass is 16.5. The zero-order valence-electron chi connectivity index (χ0n) is 13.0. The van der Waals surface area contributed by atoms with Gasteiger partial charge in [0.05, 0.1) is 0 Å². The molecule has 2 aromatic rings. The molecule has 0 aliphatic carbocycles. The number of carbonyl (C=O) groups excluding carboxylic acids is 1. The van der Waals surface area contributed by atoms with Crippen molar-refractivity contribution in [1.82, 2.24) is 0 Å². The van der Waals surface area contributed by atoms with Gasteiger partial charge >= 0.3 is 0 Å². The van der Waals surface area contributed by atoms with E-state index in [1.807, 2.05) is 48.5 Å². The van der Waals surface area contributed by atoms with Crippen LogP contribution < -0.4 is 15.8 Å². The third kappa shape index (κ3) is 4.33. The van der Waals surface area contributed by atoms with Gasteiger partial charge in [-0.1, -0.05) is 44.2 Å². The van der Waals surface area contributed by atoms with Gasteiger partial charge in [-0.2, -0.15) is 0 Å². The van der Waals surface area contributed by atoms with Crippen molar-refractivity contribution in [3.63, 3.8) is 0 Å². The third-order valence-corrected chi connectivity index (χ3v) is 3.39. The summed E-state index contributed by atoms with van der Waals surface area (Å²) in [5, 5.41) is 2.90. The van der Waals surface area contributed by atoms with Crippen LogP contribution in [0.25, 0.3) is 0 Å². The van der Waals surface area contributed by atoms with Crippen LogP contribution in [0, 0.1) is 0 Å². The molecule has 0 saturated heterocycles. The quantitative estimate of drug-likeness (QED) is 0.860. The summed E-state index contributed by atoms with van der Waals surface area (Å²) in [6.07, 6.45) is 0. The van der Waals surface area contributed by atoms with Crippen molar-refractivity contribution < 1.29 is 9.53 Å². The van der Waals surface area contributed by atoms with Gasteiger partial charge in [-0.3, -0.25) is 4.79 Å². The minimum Gasteiger partial charge on any atom is -0.484 e. The fourth-order valence-electron chi connectivity index (χ4n) is 2.17. The van der Waals surface area contributed by atoms with Crippen LogP contribution in [0.15, 0.2) is 48.5 Å². The Kier molecular flexibility index (Phi) is 5.55. The molecular weight excluding hydrogens is 276 g/mol. The summed E-state index contributed by atoms with van der Waals surface area (Å²) < 4.78 is 5.49. The first-order chi connectivity index (χ1) is 10.6. The zero-order chi connectivity index (χ0) is 15.9. The van der Waals surface area contributed by atoms with E-state index in [-0.39, 0.29) is 12.5 Å². The first kappa shape index (κ1) is 16.0. The minimum atomic E-state index is -0.170. The highest BCUT2D eigenvalue weighted by molar-refractivity contribution is 5.92. The van der Waals surface area contributed by atoms with Gasteiger partial charge in [0.25, 0.3) is 5.91 Å². The number of hydrogen-bond donors (Lipinski definition) is 2. The molecular formula is C18H22N2O2. The Morgan fingerprint density at radius 2 is 1.82 bits per heavy atom. The Hall–Kier alpha value is -2.33. The Morgan fingerprint density at radius 3 is 2.45 bits per heavy atom. The van der Waals surface area contributed by atoms with Crippen molar-refractivity contribution >= 4 is 11.6 Å². The maximum absolute atomic E-state index is 12.0. The number of hydrogen-bond acceptors (Lipinski definition) is 3. The van der Waals surface area contributed by atoms with Gasteiger partial charge in [0.1, 0.15) is 5.75 Å². The molecule has 4 heteroatoms. The summed E-state index contributed by atoms with van der Waals surface area (Å²) in [6.45, 7) is 4.67. The predicted molar refractivity (Wildman–Crippen MR) is 89.0 cm³/mol. The average Bonchev–Trinajstić information content (AvgIpc) is 2.53. The van der Waals surface area contributed by atoms with Gasteiger partial charge in [-0.05, 0) is 35.2 Å². The first-order valence-corrected chi connectivity index (χ1v) is 7.40. The molecule has 0 aliphatic rings. The maximum atomic E-state index is 12.0. The van der Waals surface area contributed by atoms with E-state index < -0.39 is 0 Å². The molecule has 22 heavy (non-hydrogen) atoms. The molecule has 4 nitrogen and oxygen atoms in total. The summed E-state index contributed by atoms with van der Waals surface area (Å²) in [6, 6.07) is 15.2. The molecule has 2 rings (SSSR count). The van der Waals surface area contributed by atoms with Gasteiger partial charge in [0.2, 0.25) is 0 Å². The topological polar surface area (TPSA) is 64.3 Å². The van der Waals surface area contributed by atoms with Crippen molar-refractivity contribution in [1.29, 1.82) is 0 Å². The lowest BCUT2D eigenvalue weighted by Gasteiger charge is -2.14. The van der Waals surface area contributed by atoms with Crippen LogP contribution in [0.1, 0.15) is 30.9 Å². The Bertz CT molecular complexity index is 621. The van der Waals surface area contributed by atoms with E-state index in [1.165, 1.54) is 0 Å². The van der Waals surface area contributed by atoms with Gasteiger partial charge in [-0.15, -0.1) is 0 Å². The third-order valence-electron chi connectivity index (χ3n) is 3.39. The molecule has 0 heterocycles. The standard InChI is InChI=1S/C18H22N2O2/c1-13(2)16-5-3-4-6-17(16)20-18(21)12-22-15-9-7-14(11-19)8-10-15/h3-10,13H,11-12,19H2,1-2H3,(H,20,21). The minimum absolute atomic E-state index is 0.0194. The lowest BCUT2D eigenvalue weighted by molar-refractivity contribution is -0.118. The fraction of sp³-hybridized carbons (Fsp3) is 0.278. The van der Waals surface area contributed by atoms with Crippen molar-refractivity contribution in [2.24, 2.45) is 5.73 Å². The Labute approximate surface area is 131 Å². The number of amides is 1. The van der Waals surface area contributed by atoms with Crippen LogP contribution in [0.5, 0.6) is 5.75 Å². The number of benzene rings is 2. The van der Waals surface area contributed by atoms with Crippen LogP contribution in [0.4, 0.5) is 5.69 Å². The lowest BCUT2D eigenvalue weighted by Crippen LogP contribution is -2.21. The Balaban J connectivity index is 1.93. The highest BCUT2D eigenvalue weighted by Gasteiger charge is 2.09. The van der Waals surface area contributed by atoms with Gasteiger partial charge in [0, 0.05) is 12.2 Å². The molecule has 0 spiro atoms. The van der Waals surface area contributed by atoms with E-state index in [2.05, 4.69) is 19.2 Å². The number of para-hydroxylation sites is 1. The van der Waals surface area contributed by atoms with E-state index in [0.717, 1.165) is 16.8 Å². The van der Waals surface area contributed by atoms with Crippen LogP contribution in [-0.2, 0) is 11.3 Å². The number of nitrogens with two attached hydrogens (primary N) is 1. The molecule has 3 N–H and O–H groups in total. The van der Waals surface area contributed by atoms with E-state index in [9.17, 15) is 4.79 Å². The summed E-state index contributed by atoms with van der Waals surface area (Å²) in [5.41, 5.74) is 8.52. The van der Waals surface area contributed by atoms with Gasteiger partial charge in [-0.25, -0.2) is 0 Å². The van der Waals surface area contributed by atoms with Crippen molar-refractivity contribution in [2.75, 3.05) is 11.9 Å². The zero-order valence-corrected chi connectivity index (χ0v) is 13.0. The first-order valence-electron chi connectivity index (χ1n) is 7.40. The molecule has 0 saturated carbocycles. The number of nitrogens with one attached hydrogen (secondary N) is 1. The number of rotatable bonds is 6. The van der Waals surface area contributed by atoms with Crippen molar-refractivity contribution in [2.45, 2.75) is 26.3 Å². The molecule has 0 radical (unpaired) electrons. The summed E-state index contributed by atoms with van der Waals surface area (Å²) >= 11 is 0. The average molecular weight is 298 g/mol. The molecule has 0 atom stereocenters. The van der Waals surface area contributed by atoms with Crippen LogP contribution in [0.3, 0.4) is 0 Å². The number of anilines is 1. The van der Waals surface area contributed by atoms with Crippen molar-refractivity contribution in [3.8, 4) is 5.75 Å². The maximum Gasteiger partial charge on any atom is 0.262 e. The SMILES string of the molecule is CC(C)c1ccccc1NC(=O)COc1ccc(CN)cc1. The molecule has 0 fully saturated rings. The van der Waals surface area contributed by atoms with E-state index in [0.29, 0.717) is 18.2 Å². The summed E-state index contributed by atoms with van der Waals surface area (Å²) in [7, 11) is 0. The Morgan fingerprint density at radius 1 is 1.14 bits per heavy atom. The normalized spacial score (nSPS) is 10.5. The molecule has 0 bridgehead atoms. The largest absolute Gasteiger partial charge is 0.484 e. The summed E-state index contributed by atoms with van der Waals surface area (Å²) in [4.78, 5) is 12.0. The fourth-order valence-corrected chi connectivity index (χ4v) is 2.17. The lowest BCUT2D eigenvalue weighted by atomic mass is 10.0. The second-order valence-corrected chi connectivity index (χ2v) is 5.43. The monoisotopic (exact) mass is 298 g/mol. The number of carbonyl (C=O) groups is 1. The second-order valence-electron chi connectivity index (χ2n) is 5.43.